The van der Waals surface area contributed by atoms with Gasteiger partial charge in [0.25, 0.3) is 5.56 Å². The van der Waals surface area contributed by atoms with Crippen LogP contribution < -0.4 is 10.9 Å². The first-order valence-corrected chi connectivity index (χ1v) is 6.30. The Bertz CT molecular complexity index is 477. The summed E-state index contributed by atoms with van der Waals surface area (Å²) in [5.74, 6) is 0.647. The number of nitrogens with zero attached hydrogens (tertiary/aromatic N) is 2. The van der Waals surface area contributed by atoms with Crippen molar-refractivity contribution < 1.29 is 0 Å². The van der Waals surface area contributed by atoms with Crippen LogP contribution in [0.2, 0.25) is 5.02 Å². The van der Waals surface area contributed by atoms with Crippen LogP contribution in [0.1, 0.15) is 26.7 Å². The fourth-order valence-corrected chi connectivity index (χ4v) is 2.26. The van der Waals surface area contributed by atoms with Gasteiger partial charge in [-0.15, -0.1) is 0 Å². The molecule has 1 aromatic heterocycles. The molecule has 0 bridgehead atoms. The van der Waals surface area contributed by atoms with Gasteiger partial charge in [-0.2, -0.15) is 5.10 Å². The van der Waals surface area contributed by atoms with Gasteiger partial charge in [0.2, 0.25) is 0 Å². The number of nitrogens with one attached hydrogen (secondary N) is 1. The Kier molecular flexibility index (Phi) is 3.17. The zero-order valence-corrected chi connectivity index (χ0v) is 11.2. The molecule has 1 N–H and O–H groups in total. The molecule has 0 atom stereocenters. The van der Waals surface area contributed by atoms with E-state index in [0.29, 0.717) is 17.0 Å². The lowest BCUT2D eigenvalue weighted by Crippen LogP contribution is -2.24. The largest absolute Gasteiger partial charge is 0.382 e. The molecule has 2 rings (SSSR count). The number of hydrogen-bond acceptors (Lipinski definition) is 3. The maximum atomic E-state index is 11.6. The predicted molar refractivity (Wildman–Crippen MR) is 69.5 cm³/mol. The quantitative estimate of drug-likeness (QED) is 0.898. The third kappa shape index (κ3) is 2.32. The summed E-state index contributed by atoms with van der Waals surface area (Å²) >= 11 is 5.99. The highest BCUT2D eigenvalue weighted by Crippen LogP contribution is 2.51. The maximum absolute atomic E-state index is 11.6. The third-order valence-corrected chi connectivity index (χ3v) is 4.19. The number of aryl methyl sites for hydroxylation is 1. The fraction of sp³-hybridized carbons (Fsp3) is 0.667. The van der Waals surface area contributed by atoms with E-state index in [4.69, 9.17) is 11.6 Å². The molecule has 17 heavy (non-hydrogen) atoms. The molecule has 1 aliphatic rings. The minimum absolute atomic E-state index is 0.224. The number of aromatic nitrogens is 2. The molecule has 0 aromatic carbocycles. The van der Waals surface area contributed by atoms with E-state index in [2.05, 4.69) is 24.3 Å². The molecule has 0 saturated heterocycles. The SMILES string of the molecule is CC(C)C1(CNc2cnn(C)c(=O)c2Cl)CC1. The summed E-state index contributed by atoms with van der Waals surface area (Å²) in [5, 5.41) is 7.44. The number of halogens is 1. The molecule has 1 aromatic rings. The van der Waals surface area contributed by atoms with Crippen LogP contribution in [0.25, 0.3) is 0 Å². The summed E-state index contributed by atoms with van der Waals surface area (Å²) in [4.78, 5) is 11.6. The number of rotatable bonds is 4. The molecular weight excluding hydrogens is 238 g/mol. The van der Waals surface area contributed by atoms with Crippen LogP contribution in [0.15, 0.2) is 11.0 Å². The van der Waals surface area contributed by atoms with Crippen molar-refractivity contribution in [3.63, 3.8) is 0 Å². The normalized spacial score (nSPS) is 17.2. The van der Waals surface area contributed by atoms with Crippen LogP contribution >= 0.6 is 11.6 Å². The molecule has 4 nitrogen and oxygen atoms in total. The van der Waals surface area contributed by atoms with Crippen LogP contribution in [0.4, 0.5) is 5.69 Å². The molecule has 0 spiro atoms. The van der Waals surface area contributed by atoms with Crippen molar-refractivity contribution in [2.75, 3.05) is 11.9 Å². The minimum Gasteiger partial charge on any atom is -0.382 e. The molecule has 5 heteroatoms. The zero-order valence-electron chi connectivity index (χ0n) is 10.5. The molecule has 0 radical (unpaired) electrons. The maximum Gasteiger partial charge on any atom is 0.287 e. The topological polar surface area (TPSA) is 46.9 Å². The van der Waals surface area contributed by atoms with E-state index in [-0.39, 0.29) is 10.6 Å². The van der Waals surface area contributed by atoms with Gasteiger partial charge < -0.3 is 5.32 Å². The molecule has 94 valence electrons. The van der Waals surface area contributed by atoms with E-state index in [0.717, 1.165) is 6.54 Å². The second-order valence-corrected chi connectivity index (χ2v) is 5.55. The van der Waals surface area contributed by atoms with Crippen molar-refractivity contribution in [3.8, 4) is 0 Å². The lowest BCUT2D eigenvalue weighted by Gasteiger charge is -2.20. The van der Waals surface area contributed by atoms with E-state index in [9.17, 15) is 4.79 Å². The van der Waals surface area contributed by atoms with Crippen LogP contribution in [-0.4, -0.2) is 16.3 Å². The summed E-state index contributed by atoms with van der Waals surface area (Å²) in [5.41, 5.74) is 0.762. The van der Waals surface area contributed by atoms with Crippen LogP contribution in [0, 0.1) is 11.3 Å². The van der Waals surface area contributed by atoms with Crippen molar-refractivity contribution in [2.24, 2.45) is 18.4 Å². The van der Waals surface area contributed by atoms with E-state index >= 15 is 0 Å². The van der Waals surface area contributed by atoms with Gasteiger partial charge in [-0.05, 0) is 24.2 Å². The predicted octanol–water partition coefficient (Wildman–Crippen LogP) is 2.28. The van der Waals surface area contributed by atoms with Gasteiger partial charge in [0.05, 0.1) is 11.9 Å². The van der Waals surface area contributed by atoms with Gasteiger partial charge in [-0.3, -0.25) is 4.79 Å². The molecule has 1 aliphatic carbocycles. The zero-order chi connectivity index (χ0) is 12.6. The second kappa shape index (κ2) is 4.33. The standard InChI is InChI=1S/C12H18ClN3O/c1-8(2)12(4-5-12)7-14-9-6-15-16(3)11(17)10(9)13/h6,8,14H,4-5,7H2,1-3H3. The number of hydrogen-bond donors (Lipinski definition) is 1. The highest BCUT2D eigenvalue weighted by Gasteiger charge is 2.44. The first kappa shape index (κ1) is 12.4. The van der Waals surface area contributed by atoms with Gasteiger partial charge in [0.15, 0.2) is 0 Å². The van der Waals surface area contributed by atoms with E-state index in [1.807, 2.05) is 0 Å². The molecule has 0 unspecified atom stereocenters. The molecule has 0 aliphatic heterocycles. The Hall–Kier alpha value is -1.03. The Balaban J connectivity index is 2.10. The molecule has 1 saturated carbocycles. The first-order chi connectivity index (χ1) is 7.96. The summed E-state index contributed by atoms with van der Waals surface area (Å²) in [6, 6.07) is 0. The third-order valence-electron chi connectivity index (χ3n) is 3.83. The number of anilines is 1. The molecule has 0 amide bonds. The summed E-state index contributed by atoms with van der Waals surface area (Å²) in [7, 11) is 1.59. The molecular formula is C12H18ClN3O. The molecule has 1 fully saturated rings. The van der Waals surface area contributed by atoms with Gasteiger partial charge in [-0.1, -0.05) is 25.4 Å². The van der Waals surface area contributed by atoms with Gasteiger partial charge >= 0.3 is 0 Å². The van der Waals surface area contributed by atoms with E-state index in [1.165, 1.54) is 17.5 Å². The van der Waals surface area contributed by atoms with E-state index in [1.54, 1.807) is 13.2 Å². The van der Waals surface area contributed by atoms with Crippen LogP contribution in [-0.2, 0) is 7.05 Å². The van der Waals surface area contributed by atoms with Crippen molar-refractivity contribution in [3.05, 3.63) is 21.6 Å². The van der Waals surface area contributed by atoms with Gasteiger partial charge in [0.1, 0.15) is 5.02 Å². The average molecular weight is 256 g/mol. The highest BCUT2D eigenvalue weighted by atomic mass is 35.5. The van der Waals surface area contributed by atoms with Crippen LogP contribution in [0.5, 0.6) is 0 Å². The average Bonchev–Trinajstić information content (AvgIpc) is 3.06. The second-order valence-electron chi connectivity index (χ2n) is 5.17. The summed E-state index contributed by atoms with van der Waals surface area (Å²) in [6.45, 7) is 5.33. The Labute approximate surface area is 106 Å². The highest BCUT2D eigenvalue weighted by molar-refractivity contribution is 6.32. The van der Waals surface area contributed by atoms with Gasteiger partial charge in [-0.25, -0.2) is 4.68 Å². The van der Waals surface area contributed by atoms with Crippen molar-refractivity contribution in [1.82, 2.24) is 9.78 Å². The van der Waals surface area contributed by atoms with E-state index < -0.39 is 0 Å². The fourth-order valence-electron chi connectivity index (χ4n) is 2.02. The lowest BCUT2D eigenvalue weighted by molar-refractivity contribution is 0.380. The Morgan fingerprint density at radius 2 is 2.24 bits per heavy atom. The summed E-state index contributed by atoms with van der Waals surface area (Å²) < 4.78 is 1.24. The van der Waals surface area contributed by atoms with Crippen molar-refractivity contribution in [2.45, 2.75) is 26.7 Å². The minimum atomic E-state index is -0.258. The lowest BCUT2D eigenvalue weighted by atomic mass is 9.92. The first-order valence-electron chi connectivity index (χ1n) is 5.92. The summed E-state index contributed by atoms with van der Waals surface area (Å²) in [6.07, 6.45) is 4.10. The Morgan fingerprint density at radius 3 is 2.76 bits per heavy atom. The smallest absolute Gasteiger partial charge is 0.287 e. The monoisotopic (exact) mass is 255 g/mol. The van der Waals surface area contributed by atoms with Crippen LogP contribution in [0.3, 0.4) is 0 Å². The van der Waals surface area contributed by atoms with Crippen molar-refractivity contribution >= 4 is 17.3 Å². The van der Waals surface area contributed by atoms with Gasteiger partial charge in [0, 0.05) is 13.6 Å². The Morgan fingerprint density at radius 1 is 1.59 bits per heavy atom. The van der Waals surface area contributed by atoms with Crippen molar-refractivity contribution in [1.29, 1.82) is 0 Å². The molecule has 1 heterocycles.